The van der Waals surface area contributed by atoms with Crippen LogP contribution in [0.1, 0.15) is 37.5 Å². The Bertz CT molecular complexity index is 1430. The number of benzene rings is 2. The summed E-state index contributed by atoms with van der Waals surface area (Å²) in [5, 5.41) is 11.8. The third-order valence-corrected chi connectivity index (χ3v) is 11.4. The lowest BCUT2D eigenvalue weighted by molar-refractivity contribution is -0.387. The first kappa shape index (κ1) is 29.0. The van der Waals surface area contributed by atoms with Gasteiger partial charge < -0.3 is 18.5 Å². The van der Waals surface area contributed by atoms with Crippen molar-refractivity contribution in [2.45, 2.75) is 51.7 Å². The molecule has 204 valence electrons. The fourth-order valence-electron chi connectivity index (χ4n) is 3.66. The molecule has 0 aliphatic rings. The van der Waals surface area contributed by atoms with E-state index in [-0.39, 0.29) is 33.9 Å². The van der Waals surface area contributed by atoms with E-state index >= 15 is 0 Å². The lowest BCUT2D eigenvalue weighted by Gasteiger charge is -2.36. The van der Waals surface area contributed by atoms with Crippen molar-refractivity contribution in [3.8, 4) is 5.75 Å². The second-order valence-electron chi connectivity index (χ2n) is 10.8. The molecule has 2 aromatic carbocycles. The van der Waals surface area contributed by atoms with Crippen LogP contribution in [0.3, 0.4) is 0 Å². The fraction of sp³-hybridized carbons (Fsp3) is 0.407. The fourth-order valence-corrected chi connectivity index (χ4v) is 4.71. The van der Waals surface area contributed by atoms with Gasteiger partial charge in [0, 0.05) is 50.2 Å². The van der Waals surface area contributed by atoms with Crippen molar-refractivity contribution in [3.63, 3.8) is 0 Å². The molecule has 0 aliphatic carbocycles. The average Bonchev–Trinajstić information content (AvgIpc) is 2.80. The van der Waals surface area contributed by atoms with Crippen molar-refractivity contribution in [3.05, 3.63) is 79.4 Å². The molecule has 3 aromatic rings. The summed E-state index contributed by atoms with van der Waals surface area (Å²) >= 11 is 0. The van der Waals surface area contributed by atoms with Gasteiger partial charge in [-0.25, -0.2) is 9.59 Å². The van der Waals surface area contributed by atoms with E-state index in [1.807, 2.05) is 0 Å². The highest BCUT2D eigenvalue weighted by Crippen LogP contribution is 2.37. The number of rotatable bonds is 8. The van der Waals surface area contributed by atoms with Crippen LogP contribution in [0.5, 0.6) is 5.75 Å². The van der Waals surface area contributed by atoms with Gasteiger partial charge >= 0.3 is 17.4 Å². The number of hydrogen-bond donors (Lipinski definition) is 0. The molecular formula is C27H33FN2O7Si. The zero-order valence-electron chi connectivity index (χ0n) is 22.7. The van der Waals surface area contributed by atoms with Crippen molar-refractivity contribution in [2.75, 3.05) is 20.7 Å². The smallest absolute Gasteiger partial charge is 0.414 e. The summed E-state index contributed by atoms with van der Waals surface area (Å²) in [6.07, 6.45) is -0.455. The third kappa shape index (κ3) is 6.28. The summed E-state index contributed by atoms with van der Waals surface area (Å²) in [5.41, 5.74) is -0.386. The molecular weight excluding hydrogens is 511 g/mol. The largest absolute Gasteiger partial charge is 0.422 e. The molecule has 0 bridgehead atoms. The number of nitro benzene ring substituents is 1. The van der Waals surface area contributed by atoms with Crippen LogP contribution in [-0.2, 0) is 17.3 Å². The maximum atomic E-state index is 14.9. The number of fused-ring (bicyclic) bond motifs is 1. The molecule has 0 fully saturated rings. The van der Waals surface area contributed by atoms with E-state index in [2.05, 4.69) is 33.9 Å². The Morgan fingerprint density at radius 1 is 1.16 bits per heavy atom. The lowest BCUT2D eigenvalue weighted by atomic mass is 9.96. The minimum Gasteiger partial charge on any atom is -0.422 e. The number of carbonyl (C=O) groups excluding carboxylic acids is 1. The molecule has 1 amide bonds. The number of ether oxygens (including phenoxy) is 1. The van der Waals surface area contributed by atoms with Gasteiger partial charge in [-0.1, -0.05) is 32.9 Å². The summed E-state index contributed by atoms with van der Waals surface area (Å²) in [5.74, 6) is -0.799. The first-order chi connectivity index (χ1) is 17.6. The van der Waals surface area contributed by atoms with Crippen LogP contribution < -0.4 is 10.4 Å². The van der Waals surface area contributed by atoms with Gasteiger partial charge in [-0.15, -0.1) is 0 Å². The number of halogens is 1. The Labute approximate surface area is 221 Å². The van der Waals surface area contributed by atoms with Gasteiger partial charge in [0.25, 0.3) is 0 Å². The number of hydrogen-bond acceptors (Lipinski definition) is 7. The molecule has 0 atom stereocenters. The van der Waals surface area contributed by atoms with Gasteiger partial charge in [0.05, 0.1) is 4.92 Å². The quantitative estimate of drug-likeness (QED) is 0.147. The molecule has 0 saturated carbocycles. The molecule has 0 radical (unpaired) electrons. The van der Waals surface area contributed by atoms with Gasteiger partial charge in [0.15, 0.2) is 8.32 Å². The summed E-state index contributed by atoms with van der Waals surface area (Å²) < 4.78 is 32.1. The maximum absolute atomic E-state index is 14.9. The van der Waals surface area contributed by atoms with Gasteiger partial charge in [-0.3, -0.25) is 10.1 Å². The van der Waals surface area contributed by atoms with Crippen LogP contribution in [0.25, 0.3) is 11.0 Å². The summed E-state index contributed by atoms with van der Waals surface area (Å²) in [4.78, 5) is 36.9. The van der Waals surface area contributed by atoms with Gasteiger partial charge in [-0.05, 0) is 47.8 Å². The van der Waals surface area contributed by atoms with E-state index in [1.165, 1.54) is 23.1 Å². The van der Waals surface area contributed by atoms with Crippen LogP contribution in [0.15, 0.2) is 45.6 Å². The Morgan fingerprint density at radius 2 is 1.84 bits per heavy atom. The third-order valence-electron chi connectivity index (χ3n) is 6.91. The summed E-state index contributed by atoms with van der Waals surface area (Å²) in [6.45, 7) is 10.9. The highest BCUT2D eigenvalue weighted by Gasteiger charge is 2.37. The summed E-state index contributed by atoms with van der Waals surface area (Å²) in [6, 6.07) is 8.57. The van der Waals surface area contributed by atoms with E-state index < -0.39 is 36.5 Å². The number of carbonyl (C=O) groups is 1. The molecule has 0 unspecified atom stereocenters. The van der Waals surface area contributed by atoms with E-state index in [1.54, 1.807) is 26.2 Å². The summed E-state index contributed by atoms with van der Waals surface area (Å²) in [7, 11) is 0.993. The molecule has 9 nitrogen and oxygen atoms in total. The first-order valence-electron chi connectivity index (χ1n) is 12.2. The van der Waals surface area contributed by atoms with Crippen LogP contribution in [0.2, 0.25) is 18.1 Å². The molecule has 3 rings (SSSR count). The monoisotopic (exact) mass is 544 g/mol. The number of amides is 1. The zero-order chi connectivity index (χ0) is 28.4. The van der Waals surface area contributed by atoms with E-state index in [0.29, 0.717) is 24.0 Å². The first-order valence-corrected chi connectivity index (χ1v) is 15.1. The molecule has 11 heteroatoms. The molecule has 0 spiro atoms. The molecule has 0 N–H and O–H groups in total. The second kappa shape index (κ2) is 11.0. The minimum atomic E-state index is -2.10. The zero-order valence-corrected chi connectivity index (χ0v) is 23.7. The van der Waals surface area contributed by atoms with Crippen molar-refractivity contribution < 1.29 is 27.7 Å². The maximum Gasteiger partial charge on any atom is 0.414 e. The Kier molecular flexibility index (Phi) is 8.42. The van der Waals surface area contributed by atoms with E-state index in [0.717, 1.165) is 6.07 Å². The van der Waals surface area contributed by atoms with Gasteiger partial charge in [0.1, 0.15) is 11.3 Å². The van der Waals surface area contributed by atoms with Crippen molar-refractivity contribution in [1.29, 1.82) is 0 Å². The Morgan fingerprint density at radius 3 is 2.45 bits per heavy atom. The topological polar surface area (TPSA) is 112 Å². The normalized spacial score (nSPS) is 12.0. The molecule has 38 heavy (non-hydrogen) atoms. The average molecular weight is 545 g/mol. The molecule has 0 saturated heterocycles. The number of nitro groups is 1. The Hall–Kier alpha value is -3.57. The molecule has 1 heterocycles. The highest BCUT2D eigenvalue weighted by atomic mass is 28.4. The molecule has 1 aromatic heterocycles. The van der Waals surface area contributed by atoms with Gasteiger partial charge in [-0.2, -0.15) is 4.39 Å². The highest BCUT2D eigenvalue weighted by molar-refractivity contribution is 6.74. The van der Waals surface area contributed by atoms with Crippen LogP contribution in [0.4, 0.5) is 14.9 Å². The standard InChI is InChI=1S/C27H33FN2O7Si/c1-27(2,3)38(6,7)35-14-13-19-20-12-11-18(36-26(32)29(4)5)16-23(20)37-25(31)21(19)15-17-9-8-10-22(24(17)28)30(33)34/h8-12,16H,13-15H2,1-7H3. The van der Waals surface area contributed by atoms with Crippen molar-refractivity contribution >= 4 is 31.1 Å². The SMILES string of the molecule is CN(C)C(=O)Oc1ccc2c(CCO[Si](C)(C)C(C)(C)C)c(Cc3cccc([N+](=O)[O-])c3F)c(=O)oc2c1. The van der Waals surface area contributed by atoms with Crippen LogP contribution in [0, 0.1) is 15.9 Å². The molecule has 0 aliphatic heterocycles. The minimum absolute atomic E-state index is 0.00829. The van der Waals surface area contributed by atoms with E-state index in [4.69, 9.17) is 13.6 Å². The number of nitrogens with zero attached hydrogens (tertiary/aromatic N) is 2. The van der Waals surface area contributed by atoms with Crippen molar-refractivity contribution in [1.82, 2.24) is 4.90 Å². The predicted octanol–water partition coefficient (Wildman–Crippen LogP) is 6.06. The second-order valence-corrected chi connectivity index (χ2v) is 15.6. The lowest BCUT2D eigenvalue weighted by Crippen LogP contribution is -2.41. The van der Waals surface area contributed by atoms with E-state index in [9.17, 15) is 24.1 Å². The van der Waals surface area contributed by atoms with Gasteiger partial charge in [0.2, 0.25) is 5.82 Å². The Balaban J connectivity index is 2.10. The van der Waals surface area contributed by atoms with Crippen molar-refractivity contribution in [2.24, 2.45) is 0 Å². The predicted molar refractivity (Wildman–Crippen MR) is 145 cm³/mol. The van der Waals surface area contributed by atoms with Crippen LogP contribution >= 0.6 is 0 Å². The van der Waals surface area contributed by atoms with Crippen LogP contribution in [-0.4, -0.2) is 44.9 Å².